The molecular weight excluding hydrogens is 358 g/mol. The summed E-state index contributed by atoms with van der Waals surface area (Å²) in [5, 5.41) is 3.11. The minimum atomic E-state index is -2.80. The van der Waals surface area contributed by atoms with Gasteiger partial charge in [-0.2, -0.15) is 8.78 Å². The fourth-order valence-corrected chi connectivity index (χ4v) is 3.97. The number of hydrogen-bond donors (Lipinski definition) is 1. The molecule has 1 heterocycles. The number of rotatable bonds is 10. The number of allylic oxidation sites excluding steroid dienone is 5. The predicted octanol–water partition coefficient (Wildman–Crippen LogP) is 3.86. The van der Waals surface area contributed by atoms with E-state index >= 15 is 0 Å². The number of nitrogens with one attached hydrogen (secondary N) is 1. The molecule has 0 radical (unpaired) electrons. The van der Waals surface area contributed by atoms with Gasteiger partial charge in [0.25, 0.3) is 0 Å². The first-order valence-corrected chi connectivity index (χ1v) is 10.6. The molecule has 0 aromatic heterocycles. The number of piperidine rings is 1. The van der Waals surface area contributed by atoms with E-state index < -0.39 is 23.7 Å². The van der Waals surface area contributed by atoms with Gasteiger partial charge in [0.2, 0.25) is 0 Å². The molecule has 0 spiro atoms. The Kier molecular flexibility index (Phi) is 10.9. The number of nitrogens with zero attached hydrogens (tertiary/aromatic N) is 1. The van der Waals surface area contributed by atoms with Crippen molar-refractivity contribution in [2.24, 2.45) is 11.8 Å². The zero-order chi connectivity index (χ0) is 19.5. The molecule has 1 aliphatic rings. The Bertz CT molecular complexity index is 516. The normalized spacial score (nSPS) is 21.6. The van der Waals surface area contributed by atoms with E-state index in [0.29, 0.717) is 12.3 Å². The van der Waals surface area contributed by atoms with Crippen molar-refractivity contribution in [1.82, 2.24) is 9.62 Å². The van der Waals surface area contributed by atoms with E-state index in [-0.39, 0.29) is 5.92 Å². The summed E-state index contributed by atoms with van der Waals surface area (Å²) in [5.74, 6) is 0.478. The third-order valence-electron chi connectivity index (χ3n) is 4.74. The van der Waals surface area contributed by atoms with Crippen LogP contribution in [0.5, 0.6) is 0 Å². The van der Waals surface area contributed by atoms with Gasteiger partial charge < -0.3 is 10.1 Å². The van der Waals surface area contributed by atoms with E-state index in [0.717, 1.165) is 31.6 Å². The molecule has 0 aromatic carbocycles. The Labute approximate surface area is 158 Å². The first-order valence-electron chi connectivity index (χ1n) is 9.05. The molecule has 7 heteroatoms. The minimum Gasteiger partial charge on any atom is -0.392 e. The molecular formula is C19H32F2N2O2S. The van der Waals surface area contributed by atoms with E-state index in [4.69, 9.17) is 4.74 Å². The van der Waals surface area contributed by atoms with Crippen LogP contribution in [0.15, 0.2) is 36.1 Å². The summed E-state index contributed by atoms with van der Waals surface area (Å²) in [6.45, 7) is 2.59. The van der Waals surface area contributed by atoms with Gasteiger partial charge in [0, 0.05) is 32.1 Å². The maximum absolute atomic E-state index is 12.8. The topological polar surface area (TPSA) is 41.6 Å². The van der Waals surface area contributed by atoms with Crippen molar-refractivity contribution >= 4 is 11.0 Å². The van der Waals surface area contributed by atoms with Crippen molar-refractivity contribution < 1.29 is 17.7 Å². The Hall–Kier alpha value is -1.05. The molecule has 0 aliphatic carbocycles. The van der Waals surface area contributed by atoms with Crippen LogP contribution in [0.2, 0.25) is 0 Å². The maximum Gasteiger partial charge on any atom is 0.345 e. The van der Waals surface area contributed by atoms with Crippen LogP contribution in [0.1, 0.15) is 33.1 Å². The highest BCUT2D eigenvalue weighted by Crippen LogP contribution is 2.31. The third kappa shape index (κ3) is 8.56. The lowest BCUT2D eigenvalue weighted by molar-refractivity contribution is -0.154. The SMILES string of the molecule is C/C=C/C=C/C(CC(/C=C(\C)NC)C1CCN(S(C)=O)CC1)OC(F)F. The van der Waals surface area contributed by atoms with Gasteiger partial charge in [-0.05, 0) is 44.9 Å². The quantitative estimate of drug-likeness (QED) is 0.576. The molecule has 0 saturated carbocycles. The van der Waals surface area contributed by atoms with Gasteiger partial charge in [-0.25, -0.2) is 8.51 Å². The van der Waals surface area contributed by atoms with Crippen LogP contribution in [-0.2, 0) is 15.7 Å². The number of alkyl halides is 2. The Balaban J connectivity index is 2.88. The van der Waals surface area contributed by atoms with Crippen molar-refractivity contribution in [2.45, 2.75) is 45.8 Å². The van der Waals surface area contributed by atoms with Crippen LogP contribution < -0.4 is 5.32 Å². The Morgan fingerprint density at radius 2 is 2.00 bits per heavy atom. The summed E-state index contributed by atoms with van der Waals surface area (Å²) in [7, 11) is 0.898. The van der Waals surface area contributed by atoms with Gasteiger partial charge in [0.15, 0.2) is 0 Å². The van der Waals surface area contributed by atoms with E-state index in [1.54, 1.807) is 24.5 Å². The highest BCUT2D eigenvalue weighted by molar-refractivity contribution is 7.81. The molecule has 150 valence electrons. The average molecular weight is 391 g/mol. The van der Waals surface area contributed by atoms with Gasteiger partial charge in [0.05, 0.1) is 17.1 Å². The summed E-state index contributed by atoms with van der Waals surface area (Å²) in [6, 6.07) is 0. The standard InChI is InChI=1S/C19H32F2N2O2S/c1-5-6-7-8-18(25-19(20)21)14-17(13-15(2)22-3)16-9-11-23(12-10-16)26(4)24/h5-8,13,16-19,22H,9-12,14H2,1-4H3/b6-5+,8-7+,15-13+. The van der Waals surface area contributed by atoms with E-state index in [9.17, 15) is 13.0 Å². The minimum absolute atomic E-state index is 0.119. The summed E-state index contributed by atoms with van der Waals surface area (Å²) < 4.78 is 44.1. The van der Waals surface area contributed by atoms with Gasteiger partial charge in [-0.15, -0.1) is 0 Å². The van der Waals surface area contributed by atoms with Crippen molar-refractivity contribution in [3.05, 3.63) is 36.1 Å². The molecule has 1 saturated heterocycles. The van der Waals surface area contributed by atoms with Gasteiger partial charge in [-0.1, -0.05) is 30.4 Å². The largest absolute Gasteiger partial charge is 0.392 e. The highest BCUT2D eigenvalue weighted by atomic mass is 32.2. The second kappa shape index (κ2) is 12.4. The number of ether oxygens (including phenoxy) is 1. The summed E-state index contributed by atoms with van der Waals surface area (Å²) >= 11 is 0. The molecule has 4 nitrogen and oxygen atoms in total. The Morgan fingerprint density at radius 3 is 2.50 bits per heavy atom. The smallest absolute Gasteiger partial charge is 0.345 e. The zero-order valence-corrected chi connectivity index (χ0v) is 17.0. The van der Waals surface area contributed by atoms with Crippen LogP contribution in [0.4, 0.5) is 8.78 Å². The van der Waals surface area contributed by atoms with Gasteiger partial charge in [-0.3, -0.25) is 0 Å². The second-order valence-corrected chi connectivity index (χ2v) is 7.90. The monoisotopic (exact) mass is 390 g/mol. The lowest BCUT2D eigenvalue weighted by Gasteiger charge is -2.35. The fraction of sp³-hybridized carbons (Fsp3) is 0.684. The molecule has 1 N–H and O–H groups in total. The number of hydrogen-bond acceptors (Lipinski definition) is 3. The predicted molar refractivity (Wildman–Crippen MR) is 104 cm³/mol. The molecule has 1 aliphatic heterocycles. The molecule has 0 amide bonds. The van der Waals surface area contributed by atoms with Crippen molar-refractivity contribution in [2.75, 3.05) is 26.4 Å². The first kappa shape index (κ1) is 23.0. The molecule has 3 unspecified atom stereocenters. The summed E-state index contributed by atoms with van der Waals surface area (Å²) in [5.41, 5.74) is 1.02. The van der Waals surface area contributed by atoms with Crippen molar-refractivity contribution in [3.8, 4) is 0 Å². The molecule has 3 atom stereocenters. The molecule has 1 fully saturated rings. The van der Waals surface area contributed by atoms with Crippen LogP contribution in [-0.4, -0.2) is 47.6 Å². The third-order valence-corrected chi connectivity index (χ3v) is 5.83. The van der Waals surface area contributed by atoms with E-state index in [2.05, 4.69) is 11.4 Å². The van der Waals surface area contributed by atoms with Crippen LogP contribution in [0, 0.1) is 11.8 Å². The van der Waals surface area contributed by atoms with Crippen LogP contribution in [0.25, 0.3) is 0 Å². The average Bonchev–Trinajstić information content (AvgIpc) is 2.60. The summed E-state index contributed by atoms with van der Waals surface area (Å²) in [6.07, 6.45) is 12.6. The molecule has 1 rings (SSSR count). The first-order chi connectivity index (χ1) is 12.4. The second-order valence-electron chi connectivity index (χ2n) is 6.54. The number of halogens is 2. The fourth-order valence-electron chi connectivity index (χ4n) is 3.24. The van der Waals surface area contributed by atoms with Crippen molar-refractivity contribution in [3.63, 3.8) is 0 Å². The van der Waals surface area contributed by atoms with E-state index in [1.807, 2.05) is 31.3 Å². The molecule has 0 aromatic rings. The van der Waals surface area contributed by atoms with Gasteiger partial charge >= 0.3 is 6.61 Å². The van der Waals surface area contributed by atoms with Crippen LogP contribution in [0.3, 0.4) is 0 Å². The lowest BCUT2D eigenvalue weighted by atomic mass is 9.81. The van der Waals surface area contributed by atoms with Crippen LogP contribution >= 0.6 is 0 Å². The molecule has 26 heavy (non-hydrogen) atoms. The van der Waals surface area contributed by atoms with Crippen molar-refractivity contribution in [1.29, 1.82) is 0 Å². The Morgan fingerprint density at radius 1 is 1.35 bits per heavy atom. The highest BCUT2D eigenvalue weighted by Gasteiger charge is 2.29. The van der Waals surface area contributed by atoms with E-state index in [1.165, 1.54) is 0 Å². The zero-order valence-electron chi connectivity index (χ0n) is 16.2. The summed E-state index contributed by atoms with van der Waals surface area (Å²) in [4.78, 5) is 0. The maximum atomic E-state index is 12.8. The van der Waals surface area contributed by atoms with Gasteiger partial charge in [0.1, 0.15) is 0 Å². The lowest BCUT2D eigenvalue weighted by Crippen LogP contribution is -2.37. The molecule has 0 bridgehead atoms.